The Labute approximate surface area is 133 Å². The first-order valence-corrected chi connectivity index (χ1v) is 7.86. The van der Waals surface area contributed by atoms with Crippen LogP contribution in [0.3, 0.4) is 0 Å². The Morgan fingerprint density at radius 2 is 2.14 bits per heavy atom. The Bertz CT molecular complexity index is 448. The number of esters is 1. The molecule has 0 aliphatic heterocycles. The van der Waals surface area contributed by atoms with E-state index in [2.05, 4.69) is 45.1 Å². The molecule has 22 heavy (non-hydrogen) atoms. The molecule has 1 N–H and O–H groups in total. The molecule has 0 spiro atoms. The van der Waals surface area contributed by atoms with Crippen LogP contribution >= 0.6 is 0 Å². The van der Waals surface area contributed by atoms with Gasteiger partial charge in [0.2, 0.25) is 0 Å². The summed E-state index contributed by atoms with van der Waals surface area (Å²) < 4.78 is 4.40. The summed E-state index contributed by atoms with van der Waals surface area (Å²) >= 11 is 0. The van der Waals surface area contributed by atoms with Gasteiger partial charge in [0.25, 0.3) is 0 Å². The second-order valence-corrected chi connectivity index (χ2v) is 5.61. The van der Waals surface area contributed by atoms with E-state index in [4.69, 9.17) is 0 Å². The molecule has 0 aromatic carbocycles. The molecule has 1 fully saturated rings. The van der Waals surface area contributed by atoms with Gasteiger partial charge < -0.3 is 15.0 Å². The molecular weight excluding hydrogens is 280 g/mol. The number of nitrogens with one attached hydrogen (secondary N) is 1. The van der Waals surface area contributed by atoms with E-state index in [1.807, 2.05) is 0 Å². The van der Waals surface area contributed by atoms with E-state index in [1.165, 1.54) is 25.5 Å². The van der Waals surface area contributed by atoms with Crippen molar-refractivity contribution >= 4 is 11.8 Å². The van der Waals surface area contributed by atoms with Gasteiger partial charge in [0.1, 0.15) is 12.1 Å². The molecule has 1 aliphatic rings. The number of anilines is 1. The third-order valence-corrected chi connectivity index (χ3v) is 3.12. The molecule has 0 bridgehead atoms. The second kappa shape index (κ2) is 10.1. The lowest BCUT2D eigenvalue weighted by molar-refractivity contribution is -0.140. The van der Waals surface area contributed by atoms with E-state index in [-0.39, 0.29) is 5.97 Å². The summed E-state index contributed by atoms with van der Waals surface area (Å²) in [5.41, 5.74) is 1.20. The van der Waals surface area contributed by atoms with Crippen molar-refractivity contribution in [2.45, 2.75) is 39.0 Å². The van der Waals surface area contributed by atoms with Gasteiger partial charge in [0.15, 0.2) is 0 Å². The first-order valence-electron chi connectivity index (χ1n) is 7.86. The fourth-order valence-corrected chi connectivity index (χ4v) is 1.89. The van der Waals surface area contributed by atoms with Crippen LogP contribution in [0.25, 0.3) is 0 Å². The van der Waals surface area contributed by atoms with Crippen LogP contribution in [-0.2, 0) is 9.53 Å². The third kappa shape index (κ3) is 8.56. The fourth-order valence-electron chi connectivity index (χ4n) is 1.89. The van der Waals surface area contributed by atoms with Crippen LogP contribution in [0.15, 0.2) is 12.4 Å². The van der Waals surface area contributed by atoms with E-state index < -0.39 is 0 Å². The van der Waals surface area contributed by atoms with E-state index >= 15 is 0 Å². The molecule has 6 nitrogen and oxygen atoms in total. The Morgan fingerprint density at radius 3 is 2.64 bits per heavy atom. The van der Waals surface area contributed by atoms with Crippen LogP contribution in [0.2, 0.25) is 0 Å². The minimum atomic E-state index is -0.211. The average Bonchev–Trinajstić information content (AvgIpc) is 3.29. The molecule has 0 amide bonds. The third-order valence-electron chi connectivity index (χ3n) is 3.12. The zero-order valence-corrected chi connectivity index (χ0v) is 14.1. The first kappa shape index (κ1) is 18.4. The molecule has 1 aliphatic carbocycles. The van der Waals surface area contributed by atoms with Gasteiger partial charge in [0, 0.05) is 31.1 Å². The largest absolute Gasteiger partial charge is 0.466 e. The summed E-state index contributed by atoms with van der Waals surface area (Å²) in [5.74, 6) is 1.46. The predicted octanol–water partition coefficient (Wildman–Crippen LogP) is 2.29. The number of rotatable bonds is 7. The van der Waals surface area contributed by atoms with Crippen LogP contribution in [0.4, 0.5) is 5.82 Å². The molecular formula is C16H28N4O2. The average molecular weight is 308 g/mol. The van der Waals surface area contributed by atoms with Crippen molar-refractivity contribution in [2.24, 2.45) is 0 Å². The van der Waals surface area contributed by atoms with Gasteiger partial charge in [-0.15, -0.1) is 0 Å². The van der Waals surface area contributed by atoms with E-state index in [0.29, 0.717) is 12.5 Å². The highest BCUT2D eigenvalue weighted by molar-refractivity contribution is 5.65. The molecule has 124 valence electrons. The molecule has 0 atom stereocenters. The number of aromatic nitrogens is 2. The number of nitrogens with zero attached hydrogens (tertiary/aromatic N) is 3. The Morgan fingerprint density at radius 1 is 1.41 bits per heavy atom. The Balaban J connectivity index is 0.000000346. The second-order valence-electron chi connectivity index (χ2n) is 5.61. The van der Waals surface area contributed by atoms with Gasteiger partial charge in [-0.3, -0.25) is 4.79 Å². The summed E-state index contributed by atoms with van der Waals surface area (Å²) in [6.07, 6.45) is 5.38. The van der Waals surface area contributed by atoms with E-state index in [1.54, 1.807) is 13.3 Å². The van der Waals surface area contributed by atoms with Crippen molar-refractivity contribution in [3.05, 3.63) is 18.1 Å². The Hall–Kier alpha value is -1.69. The summed E-state index contributed by atoms with van der Waals surface area (Å²) in [7, 11) is 4.19. The quantitative estimate of drug-likeness (QED) is 0.616. The lowest BCUT2D eigenvalue weighted by Gasteiger charge is -2.10. The van der Waals surface area contributed by atoms with Gasteiger partial charge in [-0.1, -0.05) is 0 Å². The van der Waals surface area contributed by atoms with Crippen LogP contribution < -0.4 is 5.32 Å². The molecule has 6 heteroatoms. The van der Waals surface area contributed by atoms with Crippen LogP contribution in [-0.4, -0.2) is 54.6 Å². The van der Waals surface area contributed by atoms with Crippen LogP contribution in [0.1, 0.15) is 44.7 Å². The van der Waals surface area contributed by atoms with E-state index in [0.717, 1.165) is 25.3 Å². The molecule has 0 saturated heterocycles. The number of carbonyl (C=O) groups is 1. The van der Waals surface area contributed by atoms with Crippen molar-refractivity contribution in [3.63, 3.8) is 0 Å². The fraction of sp³-hybridized carbons (Fsp3) is 0.688. The summed E-state index contributed by atoms with van der Waals surface area (Å²) in [5, 5.41) is 3.35. The topological polar surface area (TPSA) is 67.3 Å². The normalized spacial score (nSPS) is 13.3. The minimum Gasteiger partial charge on any atom is -0.466 e. The summed E-state index contributed by atoms with van der Waals surface area (Å²) in [4.78, 5) is 20.5. The lowest BCUT2D eigenvalue weighted by Crippen LogP contribution is -2.16. The molecule has 1 heterocycles. The molecule has 2 rings (SSSR count). The van der Waals surface area contributed by atoms with Crippen molar-refractivity contribution in [2.75, 3.05) is 39.1 Å². The zero-order chi connectivity index (χ0) is 16.4. The highest BCUT2D eigenvalue weighted by atomic mass is 16.5. The molecule has 1 aromatic heterocycles. The number of hydrogen-bond donors (Lipinski definition) is 1. The number of hydrogen-bond acceptors (Lipinski definition) is 6. The SMILES string of the molecule is CCOC(C)=O.CN(C)CCCNc1cc(C2CC2)ncn1. The molecule has 1 aromatic rings. The van der Waals surface area contributed by atoms with Crippen LogP contribution in [0.5, 0.6) is 0 Å². The van der Waals surface area contributed by atoms with Crippen molar-refractivity contribution in [1.82, 2.24) is 14.9 Å². The molecule has 1 saturated carbocycles. The highest BCUT2D eigenvalue weighted by Crippen LogP contribution is 2.39. The van der Waals surface area contributed by atoms with Crippen molar-refractivity contribution in [3.8, 4) is 0 Å². The highest BCUT2D eigenvalue weighted by Gasteiger charge is 2.25. The van der Waals surface area contributed by atoms with Crippen molar-refractivity contribution in [1.29, 1.82) is 0 Å². The van der Waals surface area contributed by atoms with Gasteiger partial charge in [0.05, 0.1) is 6.61 Å². The van der Waals surface area contributed by atoms with Gasteiger partial charge >= 0.3 is 5.97 Å². The van der Waals surface area contributed by atoms with Gasteiger partial charge in [-0.25, -0.2) is 9.97 Å². The van der Waals surface area contributed by atoms with E-state index in [9.17, 15) is 4.79 Å². The monoisotopic (exact) mass is 308 g/mol. The summed E-state index contributed by atoms with van der Waals surface area (Å²) in [6, 6.07) is 2.09. The van der Waals surface area contributed by atoms with Crippen molar-refractivity contribution < 1.29 is 9.53 Å². The number of ether oxygens (including phenoxy) is 1. The van der Waals surface area contributed by atoms with Gasteiger partial charge in [-0.2, -0.15) is 0 Å². The maximum absolute atomic E-state index is 9.82. The van der Waals surface area contributed by atoms with Gasteiger partial charge in [-0.05, 0) is 46.8 Å². The Kier molecular flexibility index (Phi) is 8.43. The smallest absolute Gasteiger partial charge is 0.302 e. The lowest BCUT2D eigenvalue weighted by atomic mass is 10.3. The standard InChI is InChI=1S/C12H20N4.C4H8O2/c1-16(2)7-3-6-13-12-8-11(10-4-5-10)14-9-15-12;1-3-6-4(2)5/h8-10H,3-7H2,1-2H3,(H,13,14,15);3H2,1-2H3. The summed E-state index contributed by atoms with van der Waals surface area (Å²) in [6.45, 7) is 5.73. The predicted molar refractivity (Wildman–Crippen MR) is 88.0 cm³/mol. The zero-order valence-electron chi connectivity index (χ0n) is 14.1. The molecule has 0 radical (unpaired) electrons. The number of carbonyl (C=O) groups excluding carboxylic acids is 1. The first-order chi connectivity index (χ1) is 10.5. The maximum atomic E-state index is 9.82. The molecule has 0 unspecified atom stereocenters. The maximum Gasteiger partial charge on any atom is 0.302 e. The minimum absolute atomic E-state index is 0.211. The van der Waals surface area contributed by atoms with Crippen LogP contribution in [0, 0.1) is 0 Å².